The minimum atomic E-state index is 0. The number of thiazole rings is 1. The van der Waals surface area contributed by atoms with Crippen LogP contribution in [0.2, 0.25) is 0 Å². The smallest absolute Gasteiger partial charge is 0.329 e. The van der Waals surface area contributed by atoms with Crippen molar-refractivity contribution >= 4 is 43.2 Å². The molecule has 0 aliphatic carbocycles. The third kappa shape index (κ3) is 8.32. The molecule has 0 spiro atoms. The van der Waals surface area contributed by atoms with Crippen LogP contribution in [0.1, 0.15) is 79.7 Å². The fraction of sp³-hybridized carbons (Fsp3) is 0.412. The quantitative estimate of drug-likeness (QED) is 0.111. The summed E-state index contributed by atoms with van der Waals surface area (Å²) in [6.07, 6.45) is 6.66. The van der Waals surface area contributed by atoms with Gasteiger partial charge in [-0.25, -0.2) is 0 Å². The van der Waals surface area contributed by atoms with E-state index in [2.05, 4.69) is 65.9 Å². The molecule has 0 saturated heterocycles. The Morgan fingerprint density at radius 2 is 1.71 bits per heavy atom. The maximum absolute atomic E-state index is 11.7. The van der Waals surface area contributed by atoms with Gasteiger partial charge in [0.2, 0.25) is 0 Å². The van der Waals surface area contributed by atoms with Crippen molar-refractivity contribution in [3.8, 4) is 11.3 Å². The average Bonchev–Trinajstić information content (AvgIpc) is 3.37. The van der Waals surface area contributed by atoms with Crippen LogP contribution < -0.4 is 0 Å². The molecule has 0 bridgehead atoms. The van der Waals surface area contributed by atoms with E-state index in [1.807, 2.05) is 39.8 Å². The predicted molar refractivity (Wildman–Crippen MR) is 168 cm³/mol. The number of pyridine rings is 1. The molecule has 7 heteroatoms. The molecule has 0 fully saturated rings. The average molecular weight is 747 g/mol. The second kappa shape index (κ2) is 15.4. The van der Waals surface area contributed by atoms with Crippen LogP contribution in [-0.4, -0.2) is 20.9 Å². The number of benzene rings is 2. The van der Waals surface area contributed by atoms with E-state index in [0.717, 1.165) is 52.5 Å². The van der Waals surface area contributed by atoms with Crippen LogP contribution in [0.3, 0.4) is 0 Å². The molecule has 2 heterocycles. The Bertz CT molecular complexity index is 1540. The van der Waals surface area contributed by atoms with Gasteiger partial charge in [-0.2, -0.15) is 0 Å². The summed E-state index contributed by atoms with van der Waals surface area (Å²) in [5.74, 6) is 0.547. The molecule has 0 amide bonds. The molecule has 2 aromatic carbocycles. The van der Waals surface area contributed by atoms with Gasteiger partial charge in [-0.15, -0.1) is 45.5 Å². The van der Waals surface area contributed by atoms with E-state index in [9.17, 15) is 9.90 Å². The van der Waals surface area contributed by atoms with E-state index in [1.165, 1.54) is 28.4 Å². The molecule has 0 aliphatic rings. The van der Waals surface area contributed by atoms with Crippen molar-refractivity contribution in [1.82, 2.24) is 9.97 Å². The summed E-state index contributed by atoms with van der Waals surface area (Å²) in [5, 5.41) is 12.5. The first-order valence-corrected chi connectivity index (χ1v) is 14.9. The van der Waals surface area contributed by atoms with Gasteiger partial charge in [-0.05, 0) is 31.1 Å². The van der Waals surface area contributed by atoms with E-state index in [0.29, 0.717) is 5.13 Å². The molecule has 2 aromatic heterocycles. The number of aliphatic hydroxyl groups is 1. The van der Waals surface area contributed by atoms with Crippen molar-refractivity contribution < 1.29 is 30.0 Å². The number of aliphatic hydroxyl groups excluding tert-OH is 1. The second-order valence-corrected chi connectivity index (χ2v) is 12.0. The Hall–Kier alpha value is -2.91. The molecular formula is C34H40IrN3O2S-. The first-order valence-electron chi connectivity index (χ1n) is 14.1. The number of carbonyl (C=O) groups is 1. The Kier molecular flexibility index (Phi) is 12.8. The van der Waals surface area contributed by atoms with Crippen LogP contribution in [-0.2, 0) is 30.3 Å². The van der Waals surface area contributed by atoms with Crippen LogP contribution in [0.25, 0.3) is 37.1 Å². The molecule has 1 N–H and O–H groups in total. The minimum Gasteiger partial charge on any atom is -0.512 e. The van der Waals surface area contributed by atoms with Gasteiger partial charge in [0, 0.05) is 56.0 Å². The summed E-state index contributed by atoms with van der Waals surface area (Å²) in [7, 11) is 0. The predicted octanol–water partition coefficient (Wildman–Crippen LogP) is 10.0. The molecule has 4 aromatic rings. The zero-order valence-corrected chi connectivity index (χ0v) is 28.3. The standard InChI is InChI=1S/C21H16N3S.C13H24O2.Ir/c1-21(2,3)16-12-14(11-13-7-5-6-8-15(13)16)18-19-17(9-10-23-18)24-20(22-4)25-19;1-5-10(6-2)12(14)9-13(15)11(7-3)8-4;/h5-10,12H,1-3H3;9-11,14H,5-8H2,1-4H3;/q-1;;/b;12-9-;. The third-order valence-corrected chi connectivity index (χ3v) is 8.28. The molecular weight excluding hydrogens is 707 g/mol. The van der Waals surface area contributed by atoms with Crippen molar-refractivity contribution in [1.29, 1.82) is 0 Å². The molecule has 0 aliphatic heterocycles. The summed E-state index contributed by atoms with van der Waals surface area (Å²) in [5.41, 5.74) is 3.90. The van der Waals surface area contributed by atoms with Gasteiger partial charge in [0.25, 0.3) is 0 Å². The molecule has 0 unspecified atom stereocenters. The Labute approximate surface area is 262 Å². The Balaban J connectivity index is 0.000000320. The van der Waals surface area contributed by atoms with Gasteiger partial charge in [0.15, 0.2) is 11.3 Å². The molecule has 1 radical (unpaired) electrons. The normalized spacial score (nSPS) is 11.8. The third-order valence-electron chi connectivity index (χ3n) is 7.31. The van der Waals surface area contributed by atoms with E-state index < -0.39 is 0 Å². The summed E-state index contributed by atoms with van der Waals surface area (Å²) in [4.78, 5) is 24.1. The second-order valence-electron chi connectivity index (χ2n) is 11.0. The van der Waals surface area contributed by atoms with Gasteiger partial charge < -0.3 is 9.95 Å². The van der Waals surface area contributed by atoms with Crippen molar-refractivity contribution in [3.05, 3.63) is 77.5 Å². The molecule has 219 valence electrons. The summed E-state index contributed by atoms with van der Waals surface area (Å²) < 4.78 is 0.944. The van der Waals surface area contributed by atoms with Gasteiger partial charge in [0.05, 0.1) is 10.5 Å². The van der Waals surface area contributed by atoms with Crippen LogP contribution in [0.5, 0.6) is 0 Å². The van der Waals surface area contributed by atoms with Crippen molar-refractivity contribution in [3.63, 3.8) is 0 Å². The van der Waals surface area contributed by atoms with Crippen LogP contribution in [0.4, 0.5) is 5.13 Å². The monoisotopic (exact) mass is 747 g/mol. The zero-order valence-electron chi connectivity index (χ0n) is 25.0. The number of hydrogen-bond acceptors (Lipinski definition) is 5. The largest absolute Gasteiger partial charge is 0.512 e. The van der Waals surface area contributed by atoms with Gasteiger partial charge in [-0.3, -0.25) is 9.78 Å². The molecule has 5 nitrogen and oxygen atoms in total. The number of hydrogen-bond donors (Lipinski definition) is 1. The van der Waals surface area contributed by atoms with Crippen LogP contribution in [0.15, 0.2) is 54.4 Å². The first kappa shape index (κ1) is 34.3. The van der Waals surface area contributed by atoms with Crippen molar-refractivity contribution in [2.24, 2.45) is 11.8 Å². The summed E-state index contributed by atoms with van der Waals surface area (Å²) in [6, 6.07) is 15.9. The maximum atomic E-state index is 11.7. The summed E-state index contributed by atoms with van der Waals surface area (Å²) in [6.45, 7) is 21.9. The SMILES string of the molecule is CCC(CC)C(=O)/C=C(\O)C(CC)CC.[C-]#[N+]c1nc2ccnc(-c3[c-]c4ccccc4c(C(C)(C)C)c3)c2s1.[Ir]. The van der Waals surface area contributed by atoms with Gasteiger partial charge in [0.1, 0.15) is 0 Å². The number of ketones is 1. The number of aromatic nitrogens is 2. The maximum Gasteiger partial charge on any atom is 0.329 e. The van der Waals surface area contributed by atoms with Gasteiger partial charge in [-0.1, -0.05) is 84.2 Å². The summed E-state index contributed by atoms with van der Waals surface area (Å²) >= 11 is 1.39. The zero-order chi connectivity index (χ0) is 29.4. The van der Waals surface area contributed by atoms with Crippen LogP contribution in [0, 0.1) is 24.5 Å². The molecule has 0 saturated carbocycles. The number of carbonyl (C=O) groups excluding carboxylic acids is 1. The first-order chi connectivity index (χ1) is 19.1. The number of fused-ring (bicyclic) bond motifs is 2. The fourth-order valence-corrected chi connectivity index (χ4v) is 5.69. The molecule has 41 heavy (non-hydrogen) atoms. The number of nitrogens with zero attached hydrogens (tertiary/aromatic N) is 3. The molecule has 4 rings (SSSR count). The Morgan fingerprint density at radius 1 is 1.07 bits per heavy atom. The van der Waals surface area contributed by atoms with E-state index in [4.69, 9.17) is 6.57 Å². The van der Waals surface area contributed by atoms with Crippen LogP contribution >= 0.6 is 11.3 Å². The van der Waals surface area contributed by atoms with E-state index in [-0.39, 0.29) is 48.9 Å². The Morgan fingerprint density at radius 3 is 2.29 bits per heavy atom. The fourth-order valence-electron chi connectivity index (χ4n) is 4.84. The molecule has 0 atom stereocenters. The van der Waals surface area contributed by atoms with Gasteiger partial charge >= 0.3 is 5.13 Å². The van der Waals surface area contributed by atoms with Crippen molar-refractivity contribution in [2.75, 3.05) is 0 Å². The minimum absolute atomic E-state index is 0. The number of rotatable bonds is 8. The topological polar surface area (TPSA) is 67.4 Å². The van der Waals surface area contributed by atoms with E-state index in [1.54, 1.807) is 6.20 Å². The van der Waals surface area contributed by atoms with Crippen molar-refractivity contribution in [2.45, 2.75) is 79.6 Å². The number of allylic oxidation sites excluding steroid dienone is 2. The van der Waals surface area contributed by atoms with E-state index >= 15 is 0 Å².